The largest absolute Gasteiger partial charge is 0.381 e. The fourth-order valence-corrected chi connectivity index (χ4v) is 1.71. The Hall–Kier alpha value is -0.900. The Kier molecular flexibility index (Phi) is 8.47. The Labute approximate surface area is 111 Å². The molecule has 18 heavy (non-hydrogen) atoms. The highest BCUT2D eigenvalue weighted by molar-refractivity contribution is 5.14. The SMILES string of the molecule is CN(C)CCCOCCCNCc1ccccc1. The van der Waals surface area contributed by atoms with Crippen LogP contribution in [-0.4, -0.2) is 45.3 Å². The van der Waals surface area contributed by atoms with Crippen molar-refractivity contribution in [2.75, 3.05) is 40.4 Å². The molecule has 0 heterocycles. The molecule has 0 aromatic heterocycles. The fourth-order valence-electron chi connectivity index (χ4n) is 1.71. The van der Waals surface area contributed by atoms with Crippen LogP contribution in [0, 0.1) is 0 Å². The van der Waals surface area contributed by atoms with Gasteiger partial charge in [-0.3, -0.25) is 0 Å². The van der Waals surface area contributed by atoms with Crippen LogP contribution in [-0.2, 0) is 11.3 Å². The highest BCUT2D eigenvalue weighted by Crippen LogP contribution is 1.97. The van der Waals surface area contributed by atoms with Gasteiger partial charge >= 0.3 is 0 Å². The second-order valence-electron chi connectivity index (χ2n) is 4.79. The van der Waals surface area contributed by atoms with E-state index in [-0.39, 0.29) is 0 Å². The van der Waals surface area contributed by atoms with Crippen molar-refractivity contribution >= 4 is 0 Å². The first kappa shape index (κ1) is 15.2. The molecule has 0 radical (unpaired) electrons. The van der Waals surface area contributed by atoms with E-state index in [0.29, 0.717) is 0 Å². The molecule has 1 N–H and O–H groups in total. The van der Waals surface area contributed by atoms with Gasteiger partial charge in [0.15, 0.2) is 0 Å². The number of hydrogen-bond acceptors (Lipinski definition) is 3. The smallest absolute Gasteiger partial charge is 0.0478 e. The minimum atomic E-state index is 0.856. The normalized spacial score (nSPS) is 11.1. The standard InChI is InChI=1S/C15H26N2O/c1-17(2)11-7-13-18-12-6-10-16-14-15-8-4-3-5-9-15/h3-5,8-9,16H,6-7,10-14H2,1-2H3. The summed E-state index contributed by atoms with van der Waals surface area (Å²) in [6, 6.07) is 10.5. The second-order valence-corrected chi connectivity index (χ2v) is 4.79. The third kappa shape index (κ3) is 8.23. The quantitative estimate of drug-likeness (QED) is 0.644. The predicted molar refractivity (Wildman–Crippen MR) is 76.8 cm³/mol. The minimum Gasteiger partial charge on any atom is -0.381 e. The molecule has 1 aromatic carbocycles. The summed E-state index contributed by atoms with van der Waals surface area (Å²) < 4.78 is 5.57. The van der Waals surface area contributed by atoms with Crippen molar-refractivity contribution in [2.24, 2.45) is 0 Å². The molecule has 0 aliphatic carbocycles. The second kappa shape index (κ2) is 10.1. The maximum Gasteiger partial charge on any atom is 0.0478 e. The van der Waals surface area contributed by atoms with E-state index in [1.165, 1.54) is 5.56 Å². The summed E-state index contributed by atoms with van der Waals surface area (Å²) in [6.45, 7) is 4.79. The van der Waals surface area contributed by atoms with Gasteiger partial charge in [0.1, 0.15) is 0 Å². The molecule has 0 bridgehead atoms. The number of nitrogens with zero attached hydrogens (tertiary/aromatic N) is 1. The van der Waals surface area contributed by atoms with Gasteiger partial charge in [0.25, 0.3) is 0 Å². The third-order valence-corrected chi connectivity index (χ3v) is 2.71. The molecule has 3 nitrogen and oxygen atoms in total. The molecular weight excluding hydrogens is 224 g/mol. The van der Waals surface area contributed by atoms with Crippen LogP contribution < -0.4 is 5.32 Å². The van der Waals surface area contributed by atoms with E-state index < -0.39 is 0 Å². The van der Waals surface area contributed by atoms with Gasteiger partial charge in [-0.1, -0.05) is 30.3 Å². The Balaban J connectivity index is 1.84. The summed E-state index contributed by atoms with van der Waals surface area (Å²) >= 11 is 0. The summed E-state index contributed by atoms with van der Waals surface area (Å²) in [6.07, 6.45) is 2.19. The molecule has 0 unspecified atom stereocenters. The molecule has 0 aliphatic heterocycles. The Morgan fingerprint density at radius 2 is 1.78 bits per heavy atom. The number of hydrogen-bond donors (Lipinski definition) is 1. The van der Waals surface area contributed by atoms with Gasteiger partial charge in [-0.2, -0.15) is 0 Å². The lowest BCUT2D eigenvalue weighted by molar-refractivity contribution is 0.123. The first-order valence-electron chi connectivity index (χ1n) is 6.76. The number of rotatable bonds is 10. The van der Waals surface area contributed by atoms with Gasteiger partial charge in [-0.25, -0.2) is 0 Å². The van der Waals surface area contributed by atoms with Crippen molar-refractivity contribution < 1.29 is 4.74 Å². The van der Waals surface area contributed by atoms with E-state index in [2.05, 4.69) is 48.6 Å². The molecule has 1 aromatic rings. The van der Waals surface area contributed by atoms with E-state index in [0.717, 1.165) is 45.7 Å². The van der Waals surface area contributed by atoms with Gasteiger partial charge in [0, 0.05) is 19.8 Å². The van der Waals surface area contributed by atoms with Crippen LogP contribution in [0.3, 0.4) is 0 Å². The predicted octanol–water partition coefficient (Wildman–Crippen LogP) is 2.13. The van der Waals surface area contributed by atoms with Gasteiger partial charge in [-0.15, -0.1) is 0 Å². The molecule has 3 heteroatoms. The van der Waals surface area contributed by atoms with Crippen LogP contribution in [0.4, 0.5) is 0 Å². The lowest BCUT2D eigenvalue weighted by Gasteiger charge is -2.09. The molecule has 0 saturated heterocycles. The molecule has 1 rings (SSSR count). The monoisotopic (exact) mass is 250 g/mol. The molecule has 0 saturated carbocycles. The fraction of sp³-hybridized carbons (Fsp3) is 0.600. The van der Waals surface area contributed by atoms with Gasteiger partial charge < -0.3 is 15.0 Å². The maximum atomic E-state index is 5.57. The van der Waals surface area contributed by atoms with E-state index in [4.69, 9.17) is 4.74 Å². The van der Waals surface area contributed by atoms with E-state index in [1.54, 1.807) is 0 Å². The van der Waals surface area contributed by atoms with Crippen LogP contribution in [0.25, 0.3) is 0 Å². The minimum absolute atomic E-state index is 0.856. The average Bonchev–Trinajstić information content (AvgIpc) is 2.37. The number of nitrogens with one attached hydrogen (secondary N) is 1. The summed E-state index contributed by atoms with van der Waals surface area (Å²) in [5.41, 5.74) is 1.34. The number of benzene rings is 1. The maximum absolute atomic E-state index is 5.57. The molecular formula is C15H26N2O. The molecule has 0 fully saturated rings. The zero-order valence-corrected chi connectivity index (χ0v) is 11.7. The highest BCUT2D eigenvalue weighted by Gasteiger charge is 1.93. The summed E-state index contributed by atoms with van der Waals surface area (Å²) in [5, 5.41) is 3.42. The third-order valence-electron chi connectivity index (χ3n) is 2.71. The topological polar surface area (TPSA) is 24.5 Å². The van der Waals surface area contributed by atoms with Crippen LogP contribution in [0.1, 0.15) is 18.4 Å². The first-order valence-corrected chi connectivity index (χ1v) is 6.76. The van der Waals surface area contributed by atoms with E-state index in [1.807, 2.05) is 6.07 Å². The molecule has 102 valence electrons. The molecule has 0 spiro atoms. The van der Waals surface area contributed by atoms with Crippen molar-refractivity contribution in [3.8, 4) is 0 Å². The average molecular weight is 250 g/mol. The zero-order valence-electron chi connectivity index (χ0n) is 11.7. The highest BCUT2D eigenvalue weighted by atomic mass is 16.5. The van der Waals surface area contributed by atoms with Crippen LogP contribution >= 0.6 is 0 Å². The Bertz CT molecular complexity index is 288. The lowest BCUT2D eigenvalue weighted by Crippen LogP contribution is -2.17. The molecule has 0 atom stereocenters. The van der Waals surface area contributed by atoms with Crippen molar-refractivity contribution in [3.05, 3.63) is 35.9 Å². The van der Waals surface area contributed by atoms with E-state index in [9.17, 15) is 0 Å². The summed E-state index contributed by atoms with van der Waals surface area (Å²) in [5.74, 6) is 0. The first-order chi connectivity index (χ1) is 8.79. The van der Waals surface area contributed by atoms with Gasteiger partial charge in [-0.05, 0) is 45.6 Å². The van der Waals surface area contributed by atoms with Crippen LogP contribution in [0.5, 0.6) is 0 Å². The van der Waals surface area contributed by atoms with Gasteiger partial charge in [0.2, 0.25) is 0 Å². The Morgan fingerprint density at radius 3 is 2.50 bits per heavy atom. The van der Waals surface area contributed by atoms with Gasteiger partial charge in [0.05, 0.1) is 0 Å². The van der Waals surface area contributed by atoms with E-state index >= 15 is 0 Å². The summed E-state index contributed by atoms with van der Waals surface area (Å²) in [4.78, 5) is 2.19. The van der Waals surface area contributed by atoms with Crippen molar-refractivity contribution in [1.29, 1.82) is 0 Å². The van der Waals surface area contributed by atoms with Crippen LogP contribution in [0.2, 0.25) is 0 Å². The molecule has 0 aliphatic rings. The number of ether oxygens (including phenoxy) is 1. The van der Waals surface area contributed by atoms with Crippen LogP contribution in [0.15, 0.2) is 30.3 Å². The zero-order chi connectivity index (χ0) is 13.1. The molecule has 0 amide bonds. The van der Waals surface area contributed by atoms with Crippen molar-refractivity contribution in [3.63, 3.8) is 0 Å². The van der Waals surface area contributed by atoms with Crippen molar-refractivity contribution in [1.82, 2.24) is 10.2 Å². The summed E-state index contributed by atoms with van der Waals surface area (Å²) in [7, 11) is 4.18. The lowest BCUT2D eigenvalue weighted by atomic mass is 10.2. The van der Waals surface area contributed by atoms with Crippen molar-refractivity contribution in [2.45, 2.75) is 19.4 Å². The Morgan fingerprint density at radius 1 is 1.06 bits per heavy atom.